The lowest BCUT2D eigenvalue weighted by molar-refractivity contribution is -0.130. The molecule has 3 fully saturated rings. The van der Waals surface area contributed by atoms with Gasteiger partial charge in [-0.2, -0.15) is 0 Å². The maximum Gasteiger partial charge on any atom is 0.227 e. The Bertz CT molecular complexity index is 344. The number of carbonyl (C=O) groups is 1. The van der Waals surface area contributed by atoms with Crippen LogP contribution in [0.5, 0.6) is 0 Å². The summed E-state index contributed by atoms with van der Waals surface area (Å²) in [5.74, 6) is 0.873. The Labute approximate surface area is 140 Å². The van der Waals surface area contributed by atoms with Crippen LogP contribution >= 0.6 is 24.8 Å². The Morgan fingerprint density at radius 2 is 1.86 bits per heavy atom. The minimum atomic E-state index is -0.241. The summed E-state index contributed by atoms with van der Waals surface area (Å²) in [5, 5.41) is 3.19. The highest BCUT2D eigenvalue weighted by molar-refractivity contribution is 5.85. The maximum atomic E-state index is 12.4. The van der Waals surface area contributed by atoms with E-state index in [1.807, 2.05) is 0 Å². The molecule has 0 spiro atoms. The van der Waals surface area contributed by atoms with E-state index in [0.29, 0.717) is 12.5 Å². The normalized spacial score (nSPS) is 27.8. The van der Waals surface area contributed by atoms with Crippen molar-refractivity contribution in [2.75, 3.05) is 26.2 Å². The van der Waals surface area contributed by atoms with E-state index in [1.165, 1.54) is 32.4 Å². The molecule has 3 aliphatic rings. The SMILES string of the molecule is Cl.Cl.NCC1(C(=O)NCC2CCN(C3CC3)C2)CCCC1. The van der Waals surface area contributed by atoms with Gasteiger partial charge in [-0.05, 0) is 44.6 Å². The molecule has 0 aromatic rings. The second kappa shape index (κ2) is 8.00. The molecule has 4 nitrogen and oxygen atoms in total. The van der Waals surface area contributed by atoms with Crippen LogP contribution in [-0.2, 0) is 4.79 Å². The lowest BCUT2D eigenvalue weighted by Gasteiger charge is -2.26. The van der Waals surface area contributed by atoms with Gasteiger partial charge in [-0.1, -0.05) is 12.8 Å². The molecule has 1 amide bonds. The summed E-state index contributed by atoms with van der Waals surface area (Å²) in [6, 6.07) is 0.867. The van der Waals surface area contributed by atoms with Gasteiger partial charge in [0.25, 0.3) is 0 Å². The number of nitrogens with two attached hydrogens (primary N) is 1. The average Bonchev–Trinajstić information content (AvgIpc) is 2.99. The Kier molecular flexibility index (Phi) is 7.25. The van der Waals surface area contributed by atoms with Gasteiger partial charge in [0.05, 0.1) is 5.41 Å². The predicted molar refractivity (Wildman–Crippen MR) is 90.2 cm³/mol. The lowest BCUT2D eigenvalue weighted by atomic mass is 9.85. The van der Waals surface area contributed by atoms with Crippen molar-refractivity contribution in [1.29, 1.82) is 0 Å². The lowest BCUT2D eigenvalue weighted by Crippen LogP contribution is -2.45. The van der Waals surface area contributed by atoms with E-state index in [-0.39, 0.29) is 36.1 Å². The molecule has 0 bridgehead atoms. The zero-order chi connectivity index (χ0) is 13.3. The second-order valence-corrected chi connectivity index (χ2v) is 6.78. The maximum absolute atomic E-state index is 12.4. The van der Waals surface area contributed by atoms with Crippen LogP contribution in [0.2, 0.25) is 0 Å². The van der Waals surface area contributed by atoms with Crippen LogP contribution in [0.4, 0.5) is 0 Å². The van der Waals surface area contributed by atoms with Crippen molar-refractivity contribution in [3.05, 3.63) is 0 Å². The third kappa shape index (κ3) is 4.25. The summed E-state index contributed by atoms with van der Waals surface area (Å²) in [6.45, 7) is 3.77. The zero-order valence-corrected chi connectivity index (χ0v) is 14.3. The van der Waals surface area contributed by atoms with Crippen molar-refractivity contribution in [2.24, 2.45) is 17.1 Å². The number of nitrogens with zero attached hydrogens (tertiary/aromatic N) is 1. The van der Waals surface area contributed by atoms with E-state index in [9.17, 15) is 4.79 Å². The average molecular weight is 338 g/mol. The summed E-state index contributed by atoms with van der Waals surface area (Å²) in [6.07, 6.45) is 8.28. The predicted octanol–water partition coefficient (Wildman–Crippen LogP) is 1.95. The van der Waals surface area contributed by atoms with E-state index in [0.717, 1.165) is 38.3 Å². The summed E-state index contributed by atoms with van der Waals surface area (Å²) < 4.78 is 0. The number of hydrogen-bond donors (Lipinski definition) is 2. The van der Waals surface area contributed by atoms with Gasteiger partial charge in [0.2, 0.25) is 5.91 Å². The van der Waals surface area contributed by atoms with E-state index in [4.69, 9.17) is 5.73 Å². The third-order valence-corrected chi connectivity index (χ3v) is 5.36. The summed E-state index contributed by atoms with van der Waals surface area (Å²) in [5.41, 5.74) is 5.61. The fourth-order valence-electron chi connectivity index (χ4n) is 3.80. The van der Waals surface area contributed by atoms with E-state index in [2.05, 4.69) is 10.2 Å². The molecule has 1 unspecified atom stereocenters. The molecular formula is C15H29Cl2N3O. The third-order valence-electron chi connectivity index (χ3n) is 5.36. The van der Waals surface area contributed by atoms with Crippen LogP contribution in [0.1, 0.15) is 44.9 Å². The summed E-state index contributed by atoms with van der Waals surface area (Å²) in [4.78, 5) is 15.0. The molecule has 2 aliphatic carbocycles. The smallest absolute Gasteiger partial charge is 0.227 e. The summed E-state index contributed by atoms with van der Waals surface area (Å²) in [7, 11) is 0. The summed E-state index contributed by atoms with van der Waals surface area (Å²) >= 11 is 0. The Hall–Kier alpha value is -0.0300. The Morgan fingerprint density at radius 1 is 1.19 bits per heavy atom. The van der Waals surface area contributed by atoms with Crippen LogP contribution in [0.3, 0.4) is 0 Å². The number of likely N-dealkylation sites (tertiary alicyclic amines) is 1. The number of carbonyl (C=O) groups excluding carboxylic acids is 1. The molecule has 3 N–H and O–H groups in total. The quantitative estimate of drug-likeness (QED) is 0.806. The minimum absolute atomic E-state index is 0. The van der Waals surface area contributed by atoms with Gasteiger partial charge in [0, 0.05) is 25.7 Å². The molecule has 6 heteroatoms. The highest BCUT2D eigenvalue weighted by Gasteiger charge is 2.40. The van der Waals surface area contributed by atoms with Gasteiger partial charge in [-0.3, -0.25) is 4.79 Å². The molecule has 0 aromatic heterocycles. The van der Waals surface area contributed by atoms with Crippen molar-refractivity contribution in [1.82, 2.24) is 10.2 Å². The van der Waals surface area contributed by atoms with Crippen molar-refractivity contribution in [2.45, 2.75) is 51.0 Å². The van der Waals surface area contributed by atoms with Gasteiger partial charge >= 0.3 is 0 Å². The first-order valence-corrected chi connectivity index (χ1v) is 7.96. The van der Waals surface area contributed by atoms with Crippen LogP contribution in [0.25, 0.3) is 0 Å². The molecule has 3 rings (SSSR count). The molecule has 0 aromatic carbocycles. The first-order valence-electron chi connectivity index (χ1n) is 7.96. The van der Waals surface area contributed by atoms with Crippen molar-refractivity contribution in [3.63, 3.8) is 0 Å². The van der Waals surface area contributed by atoms with E-state index < -0.39 is 0 Å². The first kappa shape index (κ1) is 19.0. The fourth-order valence-corrected chi connectivity index (χ4v) is 3.80. The van der Waals surface area contributed by atoms with Gasteiger partial charge in [-0.15, -0.1) is 24.8 Å². The number of halogens is 2. The molecule has 1 aliphatic heterocycles. The zero-order valence-electron chi connectivity index (χ0n) is 12.7. The standard InChI is InChI=1S/C15H27N3O.2ClH/c16-11-15(6-1-2-7-15)14(19)17-9-12-5-8-18(10-12)13-3-4-13;;/h12-13H,1-11,16H2,(H,17,19);2*1H. The van der Waals surface area contributed by atoms with Gasteiger partial charge in [0.15, 0.2) is 0 Å². The van der Waals surface area contributed by atoms with Crippen molar-refractivity contribution >= 4 is 30.7 Å². The first-order chi connectivity index (χ1) is 9.23. The van der Waals surface area contributed by atoms with Crippen LogP contribution in [0.15, 0.2) is 0 Å². The van der Waals surface area contributed by atoms with Crippen molar-refractivity contribution < 1.29 is 4.79 Å². The van der Waals surface area contributed by atoms with Gasteiger partial charge < -0.3 is 16.0 Å². The molecule has 124 valence electrons. The highest BCUT2D eigenvalue weighted by atomic mass is 35.5. The topological polar surface area (TPSA) is 58.4 Å². The van der Waals surface area contributed by atoms with Crippen LogP contribution in [-0.4, -0.2) is 43.0 Å². The van der Waals surface area contributed by atoms with Gasteiger partial charge in [-0.25, -0.2) is 0 Å². The number of nitrogens with one attached hydrogen (secondary N) is 1. The number of rotatable bonds is 5. The molecule has 1 saturated heterocycles. The van der Waals surface area contributed by atoms with E-state index in [1.54, 1.807) is 0 Å². The van der Waals surface area contributed by atoms with Crippen molar-refractivity contribution in [3.8, 4) is 0 Å². The molecule has 1 atom stereocenters. The Morgan fingerprint density at radius 3 is 2.43 bits per heavy atom. The van der Waals surface area contributed by atoms with Crippen LogP contribution in [0, 0.1) is 11.3 Å². The second-order valence-electron chi connectivity index (χ2n) is 6.78. The molecule has 21 heavy (non-hydrogen) atoms. The number of amides is 1. The fraction of sp³-hybridized carbons (Fsp3) is 0.933. The Balaban J connectivity index is 0.00000110. The minimum Gasteiger partial charge on any atom is -0.355 e. The van der Waals surface area contributed by atoms with E-state index >= 15 is 0 Å². The molecule has 2 saturated carbocycles. The molecule has 1 heterocycles. The highest BCUT2D eigenvalue weighted by Crippen LogP contribution is 2.37. The largest absolute Gasteiger partial charge is 0.355 e. The van der Waals surface area contributed by atoms with Gasteiger partial charge in [0.1, 0.15) is 0 Å². The molecule has 0 radical (unpaired) electrons. The van der Waals surface area contributed by atoms with Crippen LogP contribution < -0.4 is 11.1 Å². The number of hydrogen-bond acceptors (Lipinski definition) is 3. The molecular weight excluding hydrogens is 309 g/mol. The monoisotopic (exact) mass is 337 g/mol.